The maximum atomic E-state index is 11.9. The van der Waals surface area contributed by atoms with Crippen molar-refractivity contribution in [2.75, 3.05) is 7.11 Å². The van der Waals surface area contributed by atoms with Crippen LogP contribution in [0.4, 0.5) is 0 Å². The van der Waals surface area contributed by atoms with Crippen LogP contribution in [0.3, 0.4) is 0 Å². The van der Waals surface area contributed by atoms with Crippen molar-refractivity contribution in [1.82, 2.24) is 5.32 Å². The average Bonchev–Trinajstić information content (AvgIpc) is 2.85. The summed E-state index contributed by atoms with van der Waals surface area (Å²) in [6.45, 7) is 1.80. The Hall–Kier alpha value is -1.78. The number of esters is 1. The number of methoxy groups -OCH3 is 1. The standard InChI is InChI=1S/C14H19NO4/c1-9-7-11(8-19-9)13(16)15-12-5-3-10(4-6-12)14(17)18-2/h7-8,10,12H,3-6H2,1-2H3,(H,15,16). The number of rotatable bonds is 3. The van der Waals surface area contributed by atoms with Gasteiger partial charge in [0.1, 0.15) is 12.0 Å². The quantitative estimate of drug-likeness (QED) is 0.849. The van der Waals surface area contributed by atoms with Gasteiger partial charge in [0.05, 0.1) is 18.6 Å². The molecule has 0 bridgehead atoms. The van der Waals surface area contributed by atoms with Crippen LogP contribution in [0.15, 0.2) is 16.7 Å². The number of carbonyl (C=O) groups excluding carboxylic acids is 2. The zero-order valence-electron chi connectivity index (χ0n) is 11.3. The Balaban J connectivity index is 1.82. The highest BCUT2D eigenvalue weighted by atomic mass is 16.5. The second-order valence-electron chi connectivity index (χ2n) is 4.99. The lowest BCUT2D eigenvalue weighted by Crippen LogP contribution is -2.38. The second kappa shape index (κ2) is 5.91. The van der Waals surface area contributed by atoms with Crippen molar-refractivity contribution in [1.29, 1.82) is 0 Å². The molecule has 0 aromatic carbocycles. The van der Waals surface area contributed by atoms with Crippen molar-refractivity contribution in [3.05, 3.63) is 23.7 Å². The third-order valence-corrected chi connectivity index (χ3v) is 3.59. The topological polar surface area (TPSA) is 68.5 Å². The molecular weight excluding hydrogens is 246 g/mol. The highest BCUT2D eigenvalue weighted by Gasteiger charge is 2.27. The first-order chi connectivity index (χ1) is 9.10. The van der Waals surface area contributed by atoms with Gasteiger partial charge in [0.15, 0.2) is 0 Å². The van der Waals surface area contributed by atoms with Gasteiger partial charge in [-0.1, -0.05) is 0 Å². The van der Waals surface area contributed by atoms with Crippen molar-refractivity contribution in [2.24, 2.45) is 5.92 Å². The SMILES string of the molecule is COC(=O)C1CCC(NC(=O)c2coc(C)c2)CC1. The summed E-state index contributed by atoms with van der Waals surface area (Å²) in [6, 6.07) is 1.85. The monoisotopic (exact) mass is 265 g/mol. The number of amides is 1. The van der Waals surface area contributed by atoms with Crippen LogP contribution < -0.4 is 5.32 Å². The molecule has 1 aliphatic rings. The van der Waals surface area contributed by atoms with Crippen LogP contribution in [0.25, 0.3) is 0 Å². The number of hydrogen-bond donors (Lipinski definition) is 1. The molecule has 1 saturated carbocycles. The molecule has 1 fully saturated rings. The molecule has 5 heteroatoms. The minimum atomic E-state index is -0.143. The van der Waals surface area contributed by atoms with E-state index < -0.39 is 0 Å². The van der Waals surface area contributed by atoms with Crippen LogP contribution in [0.5, 0.6) is 0 Å². The van der Waals surface area contributed by atoms with Gasteiger partial charge in [0.2, 0.25) is 0 Å². The normalized spacial score (nSPS) is 22.8. The van der Waals surface area contributed by atoms with Crippen LogP contribution in [-0.2, 0) is 9.53 Å². The summed E-state index contributed by atoms with van der Waals surface area (Å²) in [5, 5.41) is 2.97. The molecule has 0 spiro atoms. The highest BCUT2D eigenvalue weighted by molar-refractivity contribution is 5.94. The fourth-order valence-corrected chi connectivity index (χ4v) is 2.47. The fourth-order valence-electron chi connectivity index (χ4n) is 2.47. The van der Waals surface area contributed by atoms with Gasteiger partial charge < -0.3 is 14.5 Å². The Labute approximate surface area is 112 Å². The van der Waals surface area contributed by atoms with Crippen LogP contribution >= 0.6 is 0 Å². The van der Waals surface area contributed by atoms with Gasteiger partial charge in [0.25, 0.3) is 5.91 Å². The van der Waals surface area contributed by atoms with Crippen LogP contribution in [0, 0.1) is 12.8 Å². The Bertz CT molecular complexity index is 458. The van der Waals surface area contributed by atoms with E-state index in [4.69, 9.17) is 9.15 Å². The third-order valence-electron chi connectivity index (χ3n) is 3.59. The molecule has 19 heavy (non-hydrogen) atoms. The first-order valence-electron chi connectivity index (χ1n) is 6.54. The van der Waals surface area contributed by atoms with E-state index in [1.165, 1.54) is 13.4 Å². The van der Waals surface area contributed by atoms with Gasteiger partial charge >= 0.3 is 5.97 Å². The number of nitrogens with one attached hydrogen (secondary N) is 1. The molecule has 1 aromatic rings. The molecule has 0 aliphatic heterocycles. The molecule has 1 heterocycles. The van der Waals surface area contributed by atoms with E-state index in [0.717, 1.165) is 31.4 Å². The lowest BCUT2D eigenvalue weighted by molar-refractivity contribution is -0.146. The fraction of sp³-hybridized carbons (Fsp3) is 0.571. The van der Waals surface area contributed by atoms with E-state index in [1.54, 1.807) is 13.0 Å². The van der Waals surface area contributed by atoms with Gasteiger partial charge in [-0.25, -0.2) is 0 Å². The summed E-state index contributed by atoms with van der Waals surface area (Å²) in [4.78, 5) is 23.3. The molecule has 1 amide bonds. The van der Waals surface area contributed by atoms with Crippen molar-refractivity contribution >= 4 is 11.9 Å². The first kappa shape index (κ1) is 13.6. The van der Waals surface area contributed by atoms with Crippen LogP contribution in [0.1, 0.15) is 41.8 Å². The van der Waals surface area contributed by atoms with E-state index >= 15 is 0 Å². The minimum absolute atomic E-state index is 0.0191. The number of aryl methyl sites for hydroxylation is 1. The predicted molar refractivity (Wildman–Crippen MR) is 68.7 cm³/mol. The summed E-state index contributed by atoms with van der Waals surface area (Å²) >= 11 is 0. The maximum absolute atomic E-state index is 11.9. The molecule has 1 aromatic heterocycles. The number of furan rings is 1. The van der Waals surface area contributed by atoms with Gasteiger partial charge in [-0.05, 0) is 38.7 Å². The van der Waals surface area contributed by atoms with Gasteiger partial charge in [-0.15, -0.1) is 0 Å². The molecule has 0 radical (unpaired) electrons. The molecule has 104 valence electrons. The zero-order valence-corrected chi connectivity index (χ0v) is 11.3. The molecule has 2 rings (SSSR count). The van der Waals surface area contributed by atoms with Crippen molar-refractivity contribution < 1.29 is 18.7 Å². The second-order valence-corrected chi connectivity index (χ2v) is 4.99. The van der Waals surface area contributed by atoms with Crippen LogP contribution in [-0.4, -0.2) is 25.0 Å². The Kier molecular flexibility index (Phi) is 4.24. The van der Waals surface area contributed by atoms with E-state index in [1.807, 2.05) is 0 Å². The van der Waals surface area contributed by atoms with Crippen molar-refractivity contribution in [3.63, 3.8) is 0 Å². The molecule has 1 N–H and O–H groups in total. The summed E-state index contributed by atoms with van der Waals surface area (Å²) in [5.41, 5.74) is 0.549. The molecule has 0 atom stereocenters. The van der Waals surface area contributed by atoms with E-state index in [9.17, 15) is 9.59 Å². The lowest BCUT2D eigenvalue weighted by Gasteiger charge is -2.27. The minimum Gasteiger partial charge on any atom is -0.469 e. The van der Waals surface area contributed by atoms with Crippen molar-refractivity contribution in [2.45, 2.75) is 38.6 Å². The maximum Gasteiger partial charge on any atom is 0.308 e. The summed E-state index contributed by atoms with van der Waals surface area (Å²) in [5.74, 6) is 0.447. The summed E-state index contributed by atoms with van der Waals surface area (Å²) in [6.07, 6.45) is 4.61. The molecular formula is C14H19NO4. The van der Waals surface area contributed by atoms with Gasteiger partial charge in [-0.3, -0.25) is 9.59 Å². The molecule has 5 nitrogen and oxygen atoms in total. The van der Waals surface area contributed by atoms with Crippen LogP contribution in [0.2, 0.25) is 0 Å². The van der Waals surface area contributed by atoms with Crippen molar-refractivity contribution in [3.8, 4) is 0 Å². The van der Waals surface area contributed by atoms with Gasteiger partial charge in [0, 0.05) is 6.04 Å². The van der Waals surface area contributed by atoms with E-state index in [2.05, 4.69) is 5.32 Å². The molecule has 0 saturated heterocycles. The summed E-state index contributed by atoms with van der Waals surface area (Å²) < 4.78 is 9.86. The van der Waals surface area contributed by atoms with Gasteiger partial charge in [-0.2, -0.15) is 0 Å². The predicted octanol–water partition coefficient (Wildman–Crippen LogP) is 2.05. The number of carbonyl (C=O) groups is 2. The number of hydrogen-bond acceptors (Lipinski definition) is 4. The molecule has 0 unspecified atom stereocenters. The zero-order chi connectivity index (χ0) is 13.8. The van der Waals surface area contributed by atoms with E-state index in [0.29, 0.717) is 5.56 Å². The largest absolute Gasteiger partial charge is 0.469 e. The third kappa shape index (κ3) is 3.36. The summed E-state index contributed by atoms with van der Waals surface area (Å²) in [7, 11) is 1.41. The Morgan fingerprint density at radius 3 is 2.53 bits per heavy atom. The molecule has 1 aliphatic carbocycles. The highest BCUT2D eigenvalue weighted by Crippen LogP contribution is 2.25. The number of ether oxygens (including phenoxy) is 1. The Morgan fingerprint density at radius 1 is 1.32 bits per heavy atom. The first-order valence-corrected chi connectivity index (χ1v) is 6.54. The Morgan fingerprint density at radius 2 is 2.00 bits per heavy atom. The smallest absolute Gasteiger partial charge is 0.308 e. The average molecular weight is 265 g/mol. The lowest BCUT2D eigenvalue weighted by atomic mass is 9.86. The van der Waals surface area contributed by atoms with E-state index in [-0.39, 0.29) is 23.8 Å².